The van der Waals surface area contributed by atoms with Crippen LogP contribution in [-0.4, -0.2) is 25.1 Å². The second kappa shape index (κ2) is 7.03. The van der Waals surface area contributed by atoms with Crippen molar-refractivity contribution in [3.63, 3.8) is 0 Å². The molecule has 0 radical (unpaired) electrons. The normalized spacial score (nSPS) is 15.9. The van der Waals surface area contributed by atoms with Crippen LogP contribution in [0.5, 0.6) is 0 Å². The second-order valence-electron chi connectivity index (χ2n) is 4.91. The summed E-state index contributed by atoms with van der Waals surface area (Å²) in [6.07, 6.45) is 4.09. The lowest BCUT2D eigenvalue weighted by Gasteiger charge is -2.15. The average Bonchev–Trinajstić information content (AvgIpc) is 2.87. The number of rotatable bonds is 6. The molecule has 0 spiro atoms. The number of unbranched alkanes of at least 4 members (excludes halogenated alkanes) is 1. The van der Waals surface area contributed by atoms with Crippen LogP contribution in [0, 0.1) is 0 Å². The van der Waals surface area contributed by atoms with Crippen molar-refractivity contribution >= 4 is 17.2 Å². The Morgan fingerprint density at radius 1 is 1.63 bits per heavy atom. The highest BCUT2D eigenvalue weighted by molar-refractivity contribution is 7.14. The molecule has 1 aliphatic rings. The molecule has 0 saturated carbocycles. The van der Waals surface area contributed by atoms with Crippen LogP contribution < -0.4 is 11.1 Å². The van der Waals surface area contributed by atoms with Crippen LogP contribution in [0.25, 0.3) is 0 Å². The molecule has 1 aromatic rings. The molecule has 3 N–H and O–H groups in total. The summed E-state index contributed by atoms with van der Waals surface area (Å²) in [5.74, 6) is 0.00551. The maximum absolute atomic E-state index is 12.2. The Bertz CT molecular complexity index is 408. The first kappa shape index (κ1) is 14.5. The van der Waals surface area contributed by atoms with E-state index in [1.165, 1.54) is 10.4 Å². The largest absolute Gasteiger partial charge is 0.376 e. The predicted molar refractivity (Wildman–Crippen MR) is 77.5 cm³/mol. The van der Waals surface area contributed by atoms with E-state index in [1.54, 1.807) is 11.3 Å². The summed E-state index contributed by atoms with van der Waals surface area (Å²) in [6.45, 7) is 4.04. The Morgan fingerprint density at radius 2 is 2.47 bits per heavy atom. The Kier molecular flexibility index (Phi) is 5.36. The summed E-state index contributed by atoms with van der Waals surface area (Å²) in [5, 5.41) is 3.03. The lowest BCUT2D eigenvalue weighted by atomic mass is 10.1. The predicted octanol–water partition coefficient (Wildman–Crippen LogP) is 2.07. The Hall–Kier alpha value is -0.910. The molecular formula is C14H22N2O2S. The highest BCUT2D eigenvalue weighted by atomic mass is 32.1. The molecule has 0 saturated heterocycles. The van der Waals surface area contributed by atoms with E-state index in [1.807, 2.05) is 6.07 Å². The molecule has 0 aromatic carbocycles. The molecule has 1 unspecified atom stereocenters. The zero-order valence-electron chi connectivity index (χ0n) is 11.4. The maximum atomic E-state index is 12.2. The smallest absolute Gasteiger partial charge is 0.261 e. The topological polar surface area (TPSA) is 64.3 Å². The van der Waals surface area contributed by atoms with Gasteiger partial charge in [-0.3, -0.25) is 4.79 Å². The van der Waals surface area contributed by atoms with Gasteiger partial charge in [-0.15, -0.1) is 11.3 Å². The van der Waals surface area contributed by atoms with Gasteiger partial charge in [-0.2, -0.15) is 0 Å². The molecule has 4 nitrogen and oxygen atoms in total. The van der Waals surface area contributed by atoms with Crippen LogP contribution in [-0.2, 0) is 17.8 Å². The molecule has 1 aromatic heterocycles. The van der Waals surface area contributed by atoms with Gasteiger partial charge in [0, 0.05) is 23.9 Å². The summed E-state index contributed by atoms with van der Waals surface area (Å²) in [5.41, 5.74) is 6.87. The number of carbonyl (C=O) groups excluding carboxylic acids is 1. The third kappa shape index (κ3) is 3.78. The van der Waals surface area contributed by atoms with E-state index in [2.05, 4.69) is 12.2 Å². The van der Waals surface area contributed by atoms with Crippen molar-refractivity contribution in [2.24, 2.45) is 5.73 Å². The molecule has 2 heterocycles. The van der Waals surface area contributed by atoms with E-state index < -0.39 is 0 Å². The molecule has 0 fully saturated rings. The molecule has 0 bridgehead atoms. The van der Waals surface area contributed by atoms with Gasteiger partial charge in [0.05, 0.1) is 18.1 Å². The second-order valence-corrected chi connectivity index (χ2v) is 6.05. The van der Waals surface area contributed by atoms with Gasteiger partial charge in [-0.05, 0) is 18.1 Å². The van der Waals surface area contributed by atoms with Crippen molar-refractivity contribution in [1.82, 2.24) is 5.32 Å². The fraction of sp³-hybridized carbons (Fsp3) is 0.643. The molecule has 1 aliphatic heterocycles. The van der Waals surface area contributed by atoms with Gasteiger partial charge in [-0.25, -0.2) is 0 Å². The quantitative estimate of drug-likeness (QED) is 0.839. The van der Waals surface area contributed by atoms with Crippen molar-refractivity contribution in [3.8, 4) is 0 Å². The number of ether oxygens (including phenoxy) is 1. The van der Waals surface area contributed by atoms with Crippen LogP contribution in [0.1, 0.15) is 46.3 Å². The zero-order valence-corrected chi connectivity index (χ0v) is 12.2. The fourth-order valence-corrected chi connectivity index (χ4v) is 3.27. The third-order valence-electron chi connectivity index (χ3n) is 3.38. The van der Waals surface area contributed by atoms with Gasteiger partial charge in [0.2, 0.25) is 0 Å². The third-order valence-corrected chi connectivity index (χ3v) is 4.61. The number of fused-ring (bicyclic) bond motifs is 1. The average molecular weight is 282 g/mol. The van der Waals surface area contributed by atoms with Gasteiger partial charge in [-0.1, -0.05) is 19.8 Å². The maximum Gasteiger partial charge on any atom is 0.261 e. The number of amides is 1. The van der Waals surface area contributed by atoms with E-state index in [9.17, 15) is 4.79 Å². The van der Waals surface area contributed by atoms with E-state index >= 15 is 0 Å². The van der Waals surface area contributed by atoms with Crippen molar-refractivity contribution in [1.29, 1.82) is 0 Å². The van der Waals surface area contributed by atoms with E-state index in [0.29, 0.717) is 13.2 Å². The first-order chi connectivity index (χ1) is 9.24. The van der Waals surface area contributed by atoms with Gasteiger partial charge >= 0.3 is 0 Å². The number of hydrogen-bond acceptors (Lipinski definition) is 4. The minimum Gasteiger partial charge on any atom is -0.376 e. The number of thiophene rings is 1. The van der Waals surface area contributed by atoms with E-state index in [-0.39, 0.29) is 11.9 Å². The molecule has 19 heavy (non-hydrogen) atoms. The van der Waals surface area contributed by atoms with Crippen LogP contribution in [0.2, 0.25) is 0 Å². The van der Waals surface area contributed by atoms with Gasteiger partial charge in [0.25, 0.3) is 5.91 Å². The minimum atomic E-state index is 0.00551. The number of nitrogens with two attached hydrogens (primary N) is 1. The summed E-state index contributed by atoms with van der Waals surface area (Å²) in [7, 11) is 0. The summed E-state index contributed by atoms with van der Waals surface area (Å²) >= 11 is 1.59. The molecule has 2 rings (SSSR count). The van der Waals surface area contributed by atoms with Gasteiger partial charge in [0.1, 0.15) is 0 Å². The van der Waals surface area contributed by atoms with Gasteiger partial charge in [0.15, 0.2) is 0 Å². The number of nitrogens with one attached hydrogen (secondary N) is 1. The Balaban J connectivity index is 1.96. The van der Waals surface area contributed by atoms with Crippen LogP contribution in [0.15, 0.2) is 6.07 Å². The minimum absolute atomic E-state index is 0.00551. The van der Waals surface area contributed by atoms with Crippen LogP contribution in [0.4, 0.5) is 0 Å². The van der Waals surface area contributed by atoms with E-state index in [4.69, 9.17) is 10.5 Å². The van der Waals surface area contributed by atoms with E-state index in [0.717, 1.165) is 37.2 Å². The molecule has 1 amide bonds. The van der Waals surface area contributed by atoms with Crippen LogP contribution in [0.3, 0.4) is 0 Å². The first-order valence-corrected chi connectivity index (χ1v) is 7.76. The standard InChI is InChI=1S/C14H22N2O2S/c1-2-3-4-11(8-15)16-14(17)13-7-10-9-18-6-5-12(10)19-13/h7,11H,2-6,8-9,15H2,1H3,(H,16,17). The highest BCUT2D eigenvalue weighted by Gasteiger charge is 2.19. The molecular weight excluding hydrogens is 260 g/mol. The van der Waals surface area contributed by atoms with Gasteiger partial charge < -0.3 is 15.8 Å². The summed E-state index contributed by atoms with van der Waals surface area (Å²) in [4.78, 5) is 14.3. The Labute approximate surface area is 118 Å². The SMILES string of the molecule is CCCCC(CN)NC(=O)c1cc2c(s1)CCOC2. The lowest BCUT2D eigenvalue weighted by Crippen LogP contribution is -2.39. The fourth-order valence-electron chi connectivity index (χ4n) is 2.22. The first-order valence-electron chi connectivity index (χ1n) is 6.94. The Morgan fingerprint density at radius 3 is 3.16 bits per heavy atom. The number of hydrogen-bond donors (Lipinski definition) is 2. The molecule has 0 aliphatic carbocycles. The lowest BCUT2D eigenvalue weighted by molar-refractivity contribution is 0.0939. The zero-order chi connectivity index (χ0) is 13.7. The molecule has 1 atom stereocenters. The van der Waals surface area contributed by atoms with Crippen molar-refractivity contribution in [2.45, 2.75) is 45.3 Å². The summed E-state index contributed by atoms with van der Waals surface area (Å²) < 4.78 is 5.40. The summed E-state index contributed by atoms with van der Waals surface area (Å²) in [6, 6.07) is 2.05. The molecule has 106 valence electrons. The van der Waals surface area contributed by atoms with Crippen LogP contribution >= 0.6 is 11.3 Å². The van der Waals surface area contributed by atoms with Crippen molar-refractivity contribution < 1.29 is 9.53 Å². The highest BCUT2D eigenvalue weighted by Crippen LogP contribution is 2.26. The number of carbonyl (C=O) groups is 1. The van der Waals surface area contributed by atoms with Crippen molar-refractivity contribution in [3.05, 3.63) is 21.4 Å². The molecule has 5 heteroatoms. The monoisotopic (exact) mass is 282 g/mol. The van der Waals surface area contributed by atoms with Crippen molar-refractivity contribution in [2.75, 3.05) is 13.2 Å².